The van der Waals surface area contributed by atoms with Crippen LogP contribution in [0.1, 0.15) is 37.3 Å². The van der Waals surface area contributed by atoms with Gasteiger partial charge in [0.05, 0.1) is 10.9 Å². The summed E-state index contributed by atoms with van der Waals surface area (Å²) in [6.07, 6.45) is 2.84. The molecule has 2 aromatic carbocycles. The van der Waals surface area contributed by atoms with E-state index in [-0.39, 0.29) is 16.8 Å². The van der Waals surface area contributed by atoms with Crippen molar-refractivity contribution in [3.8, 4) is 0 Å². The van der Waals surface area contributed by atoms with Crippen molar-refractivity contribution in [1.29, 1.82) is 0 Å². The molecule has 2 aromatic rings. The van der Waals surface area contributed by atoms with Crippen LogP contribution in [0.4, 0.5) is 5.69 Å². The van der Waals surface area contributed by atoms with Gasteiger partial charge in [0.15, 0.2) is 0 Å². The van der Waals surface area contributed by atoms with E-state index in [4.69, 9.17) is 0 Å². The van der Waals surface area contributed by atoms with E-state index >= 15 is 0 Å². The Labute approximate surface area is 179 Å². The number of hydrogen-bond acceptors (Lipinski definition) is 4. The molecule has 7 heteroatoms. The lowest BCUT2D eigenvalue weighted by Gasteiger charge is -2.26. The molecule has 162 valence electrons. The Hall–Kier alpha value is -2.22. The van der Waals surface area contributed by atoms with Gasteiger partial charge in [0, 0.05) is 25.3 Å². The fraction of sp³-hybridized carbons (Fsp3) is 0.435. The number of rotatable bonds is 7. The first-order chi connectivity index (χ1) is 14.3. The number of likely N-dealkylation sites (N-methyl/N-ethyl adjacent to an activating group) is 1. The van der Waals surface area contributed by atoms with Gasteiger partial charge in [0.25, 0.3) is 0 Å². The van der Waals surface area contributed by atoms with Gasteiger partial charge in [0.2, 0.25) is 15.9 Å². The molecule has 0 radical (unpaired) electrons. The molecule has 6 nitrogen and oxygen atoms in total. The van der Waals surface area contributed by atoms with Crippen LogP contribution < -0.4 is 5.32 Å². The Morgan fingerprint density at radius 3 is 2.50 bits per heavy atom. The monoisotopic (exact) mass is 429 g/mol. The van der Waals surface area contributed by atoms with Crippen molar-refractivity contribution in [2.45, 2.75) is 50.6 Å². The van der Waals surface area contributed by atoms with Crippen molar-refractivity contribution < 1.29 is 13.2 Å². The second-order valence-electron chi connectivity index (χ2n) is 8.00. The van der Waals surface area contributed by atoms with Crippen LogP contribution in [0.3, 0.4) is 0 Å². The summed E-state index contributed by atoms with van der Waals surface area (Å²) in [5.74, 6) is -0.168. The van der Waals surface area contributed by atoms with Crippen LogP contribution in [0.15, 0.2) is 53.4 Å². The van der Waals surface area contributed by atoms with Gasteiger partial charge < -0.3 is 5.32 Å². The maximum atomic E-state index is 12.9. The van der Waals surface area contributed by atoms with E-state index in [0.29, 0.717) is 25.3 Å². The average Bonchev–Trinajstić information content (AvgIpc) is 2.75. The minimum atomic E-state index is -3.53. The lowest BCUT2D eigenvalue weighted by Crippen LogP contribution is -2.39. The van der Waals surface area contributed by atoms with Gasteiger partial charge in [-0.2, -0.15) is 4.31 Å². The highest BCUT2D eigenvalue weighted by Gasteiger charge is 2.26. The largest absolute Gasteiger partial charge is 0.325 e. The van der Waals surface area contributed by atoms with Crippen molar-refractivity contribution in [3.63, 3.8) is 0 Å². The molecule has 0 aliphatic carbocycles. The summed E-state index contributed by atoms with van der Waals surface area (Å²) in [4.78, 5) is 15.0. The van der Waals surface area contributed by atoms with Crippen LogP contribution in [-0.4, -0.2) is 49.7 Å². The number of benzene rings is 2. The number of nitrogens with one attached hydrogen (secondary N) is 1. The molecule has 0 saturated carbocycles. The number of carbonyl (C=O) groups is 1. The number of sulfonamides is 1. The van der Waals surface area contributed by atoms with Crippen LogP contribution >= 0.6 is 0 Å². The summed E-state index contributed by atoms with van der Waals surface area (Å²) >= 11 is 0. The number of carbonyl (C=O) groups excluding carboxylic acids is 1. The van der Waals surface area contributed by atoms with Crippen molar-refractivity contribution in [2.24, 2.45) is 0 Å². The number of aryl methyl sites for hydroxylation is 1. The van der Waals surface area contributed by atoms with E-state index in [2.05, 4.69) is 24.4 Å². The molecule has 1 N–H and O–H groups in total. The average molecular weight is 430 g/mol. The molecule has 1 amide bonds. The molecule has 0 aromatic heterocycles. The second kappa shape index (κ2) is 9.73. The summed E-state index contributed by atoms with van der Waals surface area (Å²) in [7, 11) is -1.62. The van der Waals surface area contributed by atoms with E-state index in [1.54, 1.807) is 24.3 Å². The highest BCUT2D eigenvalue weighted by Crippen LogP contribution is 2.23. The van der Waals surface area contributed by atoms with E-state index in [1.807, 2.05) is 31.0 Å². The molecular formula is C23H31N3O3S. The van der Waals surface area contributed by atoms with Gasteiger partial charge in [-0.1, -0.05) is 36.8 Å². The maximum Gasteiger partial charge on any atom is 0.243 e. The molecule has 1 aliphatic rings. The fourth-order valence-corrected chi connectivity index (χ4v) is 5.19. The Bertz CT molecular complexity index is 985. The molecule has 1 saturated heterocycles. The third-order valence-corrected chi connectivity index (χ3v) is 7.67. The molecule has 0 unspecified atom stereocenters. The van der Waals surface area contributed by atoms with Crippen molar-refractivity contribution in [2.75, 3.05) is 25.5 Å². The third kappa shape index (κ3) is 5.28. The molecule has 3 rings (SSSR count). The summed E-state index contributed by atoms with van der Waals surface area (Å²) < 4.78 is 27.4. The predicted molar refractivity (Wildman–Crippen MR) is 120 cm³/mol. The highest BCUT2D eigenvalue weighted by molar-refractivity contribution is 7.89. The van der Waals surface area contributed by atoms with E-state index < -0.39 is 10.0 Å². The number of nitrogens with zero attached hydrogens (tertiary/aromatic N) is 2. The van der Waals surface area contributed by atoms with Crippen molar-refractivity contribution in [1.82, 2.24) is 9.21 Å². The summed E-state index contributed by atoms with van der Waals surface area (Å²) in [6.45, 7) is 5.67. The highest BCUT2D eigenvalue weighted by atomic mass is 32.2. The Balaban J connectivity index is 1.67. The fourth-order valence-electron chi connectivity index (χ4n) is 3.63. The van der Waals surface area contributed by atoms with Crippen molar-refractivity contribution >= 4 is 21.6 Å². The van der Waals surface area contributed by atoms with E-state index in [0.717, 1.165) is 19.3 Å². The van der Waals surface area contributed by atoms with Gasteiger partial charge in [-0.3, -0.25) is 9.69 Å². The van der Waals surface area contributed by atoms with Crippen LogP contribution in [0, 0.1) is 6.92 Å². The maximum absolute atomic E-state index is 12.9. The molecular weight excluding hydrogens is 398 g/mol. The van der Waals surface area contributed by atoms with Crippen LogP contribution in [0.25, 0.3) is 0 Å². The second-order valence-corrected chi connectivity index (χ2v) is 9.94. The van der Waals surface area contributed by atoms with Crippen LogP contribution in [-0.2, 0) is 21.4 Å². The normalized spacial score (nSPS) is 16.4. The smallest absolute Gasteiger partial charge is 0.243 e. The molecule has 0 bridgehead atoms. The van der Waals surface area contributed by atoms with Crippen LogP contribution in [0.2, 0.25) is 0 Å². The number of amides is 1. The molecule has 1 atom stereocenters. The van der Waals surface area contributed by atoms with Gasteiger partial charge in [0.1, 0.15) is 0 Å². The van der Waals surface area contributed by atoms with E-state index in [1.165, 1.54) is 15.4 Å². The number of piperidine rings is 1. The van der Waals surface area contributed by atoms with Gasteiger partial charge in [-0.05, 0) is 63.1 Å². The Morgan fingerprint density at radius 2 is 1.80 bits per heavy atom. The van der Waals surface area contributed by atoms with E-state index in [9.17, 15) is 13.2 Å². The quantitative estimate of drug-likeness (QED) is 0.730. The Morgan fingerprint density at radius 1 is 1.10 bits per heavy atom. The lowest BCUT2D eigenvalue weighted by atomic mass is 10.1. The number of hydrogen-bond donors (Lipinski definition) is 1. The first kappa shape index (κ1) is 22.5. The first-order valence-corrected chi connectivity index (χ1v) is 11.9. The van der Waals surface area contributed by atoms with Crippen LogP contribution in [0.5, 0.6) is 0 Å². The minimum Gasteiger partial charge on any atom is -0.325 e. The van der Waals surface area contributed by atoms with Gasteiger partial charge in [-0.15, -0.1) is 0 Å². The SMILES string of the molecule is Cc1ccccc1CN(C)[C@@H](C)C(=O)Nc1cccc(S(=O)(=O)N2CCCCC2)c1. The van der Waals surface area contributed by atoms with Gasteiger partial charge >= 0.3 is 0 Å². The zero-order valence-electron chi connectivity index (χ0n) is 18.0. The molecule has 30 heavy (non-hydrogen) atoms. The zero-order chi connectivity index (χ0) is 21.7. The predicted octanol–water partition coefficient (Wildman–Crippen LogP) is 3.63. The summed E-state index contributed by atoms with van der Waals surface area (Å²) in [5.41, 5.74) is 2.86. The standard InChI is InChI=1S/C23H31N3O3S/c1-18-10-5-6-11-20(18)17-25(3)19(2)23(27)24-21-12-9-13-22(16-21)30(28,29)26-14-7-4-8-15-26/h5-6,9-13,16,19H,4,7-8,14-15,17H2,1-3H3,(H,24,27)/t19-/m0/s1. The summed E-state index contributed by atoms with van der Waals surface area (Å²) in [5, 5.41) is 2.87. The first-order valence-electron chi connectivity index (χ1n) is 10.4. The molecule has 1 fully saturated rings. The summed E-state index contributed by atoms with van der Waals surface area (Å²) in [6, 6.07) is 14.3. The third-order valence-electron chi connectivity index (χ3n) is 5.78. The van der Waals surface area contributed by atoms with Gasteiger partial charge in [-0.25, -0.2) is 8.42 Å². The van der Waals surface area contributed by atoms with Crippen molar-refractivity contribution in [3.05, 3.63) is 59.7 Å². The molecule has 0 spiro atoms. The minimum absolute atomic E-state index is 0.168. The zero-order valence-corrected chi connectivity index (χ0v) is 18.8. The number of anilines is 1. The lowest BCUT2D eigenvalue weighted by molar-refractivity contribution is -0.120. The molecule has 1 heterocycles. The topological polar surface area (TPSA) is 69.7 Å². The molecule has 1 aliphatic heterocycles. The Kier molecular flexibility index (Phi) is 7.28.